The largest absolute Gasteiger partial charge is 0.447 e. The Morgan fingerprint density at radius 2 is 1.88 bits per heavy atom. The van der Waals surface area contributed by atoms with Gasteiger partial charge in [0, 0.05) is 19.0 Å². The van der Waals surface area contributed by atoms with Crippen LogP contribution in [-0.4, -0.2) is 60.8 Å². The van der Waals surface area contributed by atoms with E-state index in [0.717, 1.165) is 18.5 Å². The number of carbonyl (C=O) groups excluding carboxylic acids is 1. The predicted octanol–water partition coefficient (Wildman–Crippen LogP) is 1.60. The topological polar surface area (TPSA) is 92.7 Å². The molecule has 0 saturated carbocycles. The third-order valence-electron chi connectivity index (χ3n) is 4.92. The lowest BCUT2D eigenvalue weighted by Gasteiger charge is -2.30. The van der Waals surface area contributed by atoms with Gasteiger partial charge < -0.3 is 4.74 Å². The SMILES string of the molecule is CC(C)[C@H]1COC(=O)N1c1cnc(C2CCN(S(C)(=O)=O)CC2)cn1. The van der Waals surface area contributed by atoms with E-state index >= 15 is 0 Å². The summed E-state index contributed by atoms with van der Waals surface area (Å²) < 4.78 is 29.8. The minimum Gasteiger partial charge on any atom is -0.447 e. The quantitative estimate of drug-likeness (QED) is 0.801. The van der Waals surface area contributed by atoms with E-state index in [4.69, 9.17) is 4.74 Å². The van der Waals surface area contributed by atoms with Crippen LogP contribution >= 0.6 is 0 Å². The number of nitrogens with zero attached hydrogens (tertiary/aromatic N) is 4. The van der Waals surface area contributed by atoms with E-state index in [1.54, 1.807) is 17.3 Å². The van der Waals surface area contributed by atoms with E-state index in [0.29, 0.717) is 25.5 Å². The van der Waals surface area contributed by atoms with Crippen LogP contribution in [0.25, 0.3) is 0 Å². The maximum absolute atomic E-state index is 12.0. The van der Waals surface area contributed by atoms with Crippen molar-refractivity contribution >= 4 is 21.9 Å². The maximum atomic E-state index is 12.0. The normalized spacial score (nSPS) is 23.3. The van der Waals surface area contributed by atoms with Crippen LogP contribution in [0.5, 0.6) is 0 Å². The van der Waals surface area contributed by atoms with Crippen molar-refractivity contribution < 1.29 is 17.9 Å². The van der Waals surface area contributed by atoms with Gasteiger partial charge in [0.15, 0.2) is 5.82 Å². The van der Waals surface area contributed by atoms with E-state index in [2.05, 4.69) is 9.97 Å². The Bertz CT molecular complexity index is 727. The van der Waals surface area contributed by atoms with Crippen molar-refractivity contribution in [3.8, 4) is 0 Å². The molecular weight excluding hydrogens is 344 g/mol. The van der Waals surface area contributed by atoms with Gasteiger partial charge in [0.1, 0.15) is 6.61 Å². The number of amides is 1. The summed E-state index contributed by atoms with van der Waals surface area (Å²) in [6.07, 6.45) is 5.60. The van der Waals surface area contributed by atoms with Crippen molar-refractivity contribution in [2.24, 2.45) is 5.92 Å². The second-order valence-electron chi connectivity index (χ2n) is 6.99. The zero-order chi connectivity index (χ0) is 18.2. The van der Waals surface area contributed by atoms with Gasteiger partial charge in [-0.2, -0.15) is 0 Å². The Morgan fingerprint density at radius 1 is 1.20 bits per heavy atom. The molecule has 1 atom stereocenters. The maximum Gasteiger partial charge on any atom is 0.415 e. The van der Waals surface area contributed by atoms with Gasteiger partial charge in [-0.25, -0.2) is 22.5 Å². The predicted molar refractivity (Wildman–Crippen MR) is 92.9 cm³/mol. The molecule has 2 saturated heterocycles. The van der Waals surface area contributed by atoms with Crippen LogP contribution in [0.4, 0.5) is 10.6 Å². The van der Waals surface area contributed by atoms with Crippen LogP contribution in [-0.2, 0) is 14.8 Å². The van der Waals surface area contributed by atoms with E-state index in [9.17, 15) is 13.2 Å². The number of hydrogen-bond donors (Lipinski definition) is 0. The van der Waals surface area contributed by atoms with Crippen LogP contribution in [0.1, 0.15) is 38.3 Å². The molecule has 8 nitrogen and oxygen atoms in total. The van der Waals surface area contributed by atoms with Crippen LogP contribution in [0, 0.1) is 5.92 Å². The number of carbonyl (C=O) groups is 1. The van der Waals surface area contributed by atoms with Crippen LogP contribution < -0.4 is 4.90 Å². The van der Waals surface area contributed by atoms with Crippen molar-refractivity contribution in [3.63, 3.8) is 0 Å². The van der Waals surface area contributed by atoms with Gasteiger partial charge in [0.2, 0.25) is 10.0 Å². The Labute approximate surface area is 148 Å². The lowest BCUT2D eigenvalue weighted by atomic mass is 9.95. The number of hydrogen-bond acceptors (Lipinski definition) is 6. The molecule has 0 radical (unpaired) electrons. The molecule has 0 aromatic carbocycles. The van der Waals surface area contributed by atoms with E-state index < -0.39 is 10.0 Å². The minimum absolute atomic E-state index is 0.0364. The molecule has 25 heavy (non-hydrogen) atoms. The fourth-order valence-electron chi connectivity index (χ4n) is 3.34. The fraction of sp³-hybridized carbons (Fsp3) is 0.688. The van der Waals surface area contributed by atoms with Gasteiger partial charge in [0.25, 0.3) is 0 Å². The van der Waals surface area contributed by atoms with Gasteiger partial charge in [-0.15, -0.1) is 0 Å². The monoisotopic (exact) mass is 368 g/mol. The van der Waals surface area contributed by atoms with Gasteiger partial charge in [-0.05, 0) is 18.8 Å². The third-order valence-corrected chi connectivity index (χ3v) is 6.22. The molecule has 0 bridgehead atoms. The summed E-state index contributed by atoms with van der Waals surface area (Å²) in [5.74, 6) is 0.942. The Kier molecular flexibility index (Phi) is 4.97. The number of aromatic nitrogens is 2. The van der Waals surface area contributed by atoms with Gasteiger partial charge in [-0.1, -0.05) is 13.8 Å². The standard InChI is InChI=1S/C16H24N4O4S/c1-11(2)14-10-24-16(21)20(14)15-9-17-13(8-18-15)12-4-6-19(7-5-12)25(3,22)23/h8-9,11-12,14H,4-7,10H2,1-3H3/t14-/m1/s1. The molecule has 0 unspecified atom stereocenters. The van der Waals surface area contributed by atoms with Gasteiger partial charge in [0.05, 0.1) is 30.4 Å². The first kappa shape index (κ1) is 18.1. The molecule has 0 aliphatic carbocycles. The molecule has 138 valence electrons. The molecule has 9 heteroatoms. The molecule has 1 aromatic heterocycles. The average molecular weight is 368 g/mol. The fourth-order valence-corrected chi connectivity index (χ4v) is 4.21. The first-order chi connectivity index (χ1) is 11.8. The Morgan fingerprint density at radius 3 is 2.40 bits per heavy atom. The first-order valence-electron chi connectivity index (χ1n) is 8.50. The number of rotatable bonds is 4. The molecule has 0 N–H and O–H groups in total. The Balaban J connectivity index is 1.70. The lowest BCUT2D eigenvalue weighted by molar-refractivity contribution is 0.177. The average Bonchev–Trinajstić information content (AvgIpc) is 2.96. The van der Waals surface area contributed by atoms with Crippen molar-refractivity contribution in [2.45, 2.75) is 38.6 Å². The van der Waals surface area contributed by atoms with Crippen molar-refractivity contribution in [3.05, 3.63) is 18.1 Å². The van der Waals surface area contributed by atoms with E-state index in [1.807, 2.05) is 13.8 Å². The second-order valence-corrected chi connectivity index (χ2v) is 8.98. The summed E-state index contributed by atoms with van der Waals surface area (Å²) in [5.41, 5.74) is 0.838. The number of cyclic esters (lactones) is 1. The zero-order valence-electron chi connectivity index (χ0n) is 14.8. The molecule has 1 amide bonds. The number of sulfonamides is 1. The highest BCUT2D eigenvalue weighted by Gasteiger charge is 2.37. The molecular formula is C16H24N4O4S. The molecule has 2 aliphatic heterocycles. The third kappa shape index (κ3) is 3.77. The van der Waals surface area contributed by atoms with Crippen molar-refractivity contribution in [1.29, 1.82) is 0 Å². The zero-order valence-corrected chi connectivity index (χ0v) is 15.6. The van der Waals surface area contributed by atoms with Gasteiger partial charge >= 0.3 is 6.09 Å². The molecule has 2 fully saturated rings. The van der Waals surface area contributed by atoms with E-state index in [-0.39, 0.29) is 24.0 Å². The number of piperidine rings is 1. The Hall–Kier alpha value is -1.74. The first-order valence-corrected chi connectivity index (χ1v) is 10.3. The minimum atomic E-state index is -3.13. The molecule has 3 heterocycles. The highest BCUT2D eigenvalue weighted by Crippen LogP contribution is 2.29. The summed E-state index contributed by atoms with van der Waals surface area (Å²) in [6.45, 7) is 5.44. The molecule has 0 spiro atoms. The molecule has 3 rings (SSSR count). The second kappa shape index (κ2) is 6.87. The summed E-state index contributed by atoms with van der Waals surface area (Å²) in [5, 5.41) is 0. The van der Waals surface area contributed by atoms with Crippen LogP contribution in [0.15, 0.2) is 12.4 Å². The summed E-state index contributed by atoms with van der Waals surface area (Å²) in [4.78, 5) is 22.4. The summed E-state index contributed by atoms with van der Waals surface area (Å²) in [6, 6.07) is -0.0364. The molecule has 2 aliphatic rings. The summed E-state index contributed by atoms with van der Waals surface area (Å²) >= 11 is 0. The molecule has 1 aromatic rings. The lowest BCUT2D eigenvalue weighted by Crippen LogP contribution is -2.38. The van der Waals surface area contributed by atoms with E-state index in [1.165, 1.54) is 10.6 Å². The highest BCUT2D eigenvalue weighted by molar-refractivity contribution is 7.88. The number of ether oxygens (including phenoxy) is 1. The van der Waals surface area contributed by atoms with Crippen molar-refractivity contribution in [2.75, 3.05) is 30.9 Å². The number of anilines is 1. The van der Waals surface area contributed by atoms with Crippen LogP contribution in [0.2, 0.25) is 0 Å². The van der Waals surface area contributed by atoms with Gasteiger partial charge in [-0.3, -0.25) is 9.88 Å². The summed E-state index contributed by atoms with van der Waals surface area (Å²) in [7, 11) is -3.13. The van der Waals surface area contributed by atoms with Crippen LogP contribution in [0.3, 0.4) is 0 Å². The smallest absolute Gasteiger partial charge is 0.415 e. The highest BCUT2D eigenvalue weighted by atomic mass is 32.2. The van der Waals surface area contributed by atoms with Crippen molar-refractivity contribution in [1.82, 2.24) is 14.3 Å².